The van der Waals surface area contributed by atoms with Crippen molar-refractivity contribution >= 4 is 0 Å². The molecule has 0 aromatic heterocycles. The van der Waals surface area contributed by atoms with Gasteiger partial charge in [0.05, 0.1) is 33.0 Å². The Balaban J connectivity index is 1.47. The molecule has 0 radical (unpaired) electrons. The van der Waals surface area contributed by atoms with E-state index in [2.05, 4.69) is 0 Å². The largest absolute Gasteiger partial charge is 0.394 e. The first-order chi connectivity index (χ1) is 26.4. The second kappa shape index (κ2) is 17.9. The van der Waals surface area contributed by atoms with Crippen molar-refractivity contribution in [2.24, 2.45) is 0 Å². The molecular weight excluding hydrogens is 776 g/mol. The summed E-state index contributed by atoms with van der Waals surface area (Å²) in [6.45, 7) is -9.51. The molecule has 5 saturated heterocycles. The minimum absolute atomic E-state index is 0.852. The quantitative estimate of drug-likeness (QED) is 0.0647. The predicted molar refractivity (Wildman–Crippen MR) is 167 cm³/mol. The van der Waals surface area contributed by atoms with E-state index in [-0.39, 0.29) is 0 Å². The van der Waals surface area contributed by atoms with Gasteiger partial charge >= 0.3 is 0 Å². The Kier molecular flexibility index (Phi) is 14.7. The molecule has 5 aliphatic heterocycles. The first-order valence-corrected chi connectivity index (χ1v) is 17.5. The van der Waals surface area contributed by atoms with Gasteiger partial charge in [-0.3, -0.25) is 0 Å². The van der Waals surface area contributed by atoms with E-state index in [4.69, 9.17) is 42.6 Å². The Labute approximate surface area is 316 Å². The highest BCUT2D eigenvalue weighted by atomic mass is 16.8. The van der Waals surface area contributed by atoms with Gasteiger partial charge < -0.3 is 129 Å². The normalized spacial score (nSPS) is 52.3. The summed E-state index contributed by atoms with van der Waals surface area (Å²) < 4.78 is 50.6. The molecule has 5 fully saturated rings. The van der Waals surface area contributed by atoms with Crippen molar-refractivity contribution in [3.63, 3.8) is 0 Å². The molecule has 0 spiro atoms. The van der Waals surface area contributed by atoms with Gasteiger partial charge in [-0.25, -0.2) is 0 Å². The van der Waals surface area contributed by atoms with Crippen molar-refractivity contribution in [1.82, 2.24) is 0 Å². The van der Waals surface area contributed by atoms with E-state index in [9.17, 15) is 86.8 Å². The lowest BCUT2D eigenvalue weighted by Gasteiger charge is -2.45. The second-order valence-electron chi connectivity index (χ2n) is 14.2. The Hall–Kier alpha value is -1.04. The fourth-order valence-corrected chi connectivity index (χ4v) is 7.15. The highest BCUT2D eigenvalue weighted by Gasteiger charge is 2.65. The Morgan fingerprint density at radius 2 is 0.679 bits per heavy atom. The molecule has 1 unspecified atom stereocenters. The van der Waals surface area contributed by atoms with Crippen LogP contribution in [-0.2, 0) is 42.6 Å². The molecule has 26 nitrogen and oxygen atoms in total. The fourth-order valence-electron chi connectivity index (χ4n) is 7.15. The van der Waals surface area contributed by atoms with Crippen LogP contribution < -0.4 is 0 Å². The third-order valence-electron chi connectivity index (χ3n) is 10.7. The summed E-state index contributed by atoms with van der Waals surface area (Å²) in [5.41, 5.74) is 0. The van der Waals surface area contributed by atoms with E-state index < -0.39 is 187 Å². The third-order valence-corrected chi connectivity index (χ3v) is 10.7. The van der Waals surface area contributed by atoms with Gasteiger partial charge in [0.2, 0.25) is 23.1 Å². The molecule has 5 rings (SSSR count). The maximum Gasteiger partial charge on any atom is 0.224 e. The Morgan fingerprint density at radius 3 is 1.05 bits per heavy atom. The standard InChI is InChI=1S/C30H52O26/c31-1-10-15(37)20(42)21(43)26(51-10)56-30(25(47)19(41)14(5-35)55-30)9-50-29(24(46)18(40)13(4-34)54-29)8-49-28(23(45)17(39)12(3-33)53-28)7-48-27(6-36)22(44)16(38)11(2-32)52-27/h10-26,31-47H,1-9H2/t10-,11-,12-,13-,14-,15-,16-,17-,18-,19-,20+,21-,22+,23+,24+,25+,26-,27?,28+,29+,30+/m1/s1. The minimum atomic E-state index is -2.79. The Morgan fingerprint density at radius 1 is 0.357 bits per heavy atom. The third kappa shape index (κ3) is 7.97. The van der Waals surface area contributed by atoms with Gasteiger partial charge in [-0.1, -0.05) is 0 Å². The van der Waals surface area contributed by atoms with Gasteiger partial charge in [-0.15, -0.1) is 0 Å². The number of aliphatic hydroxyl groups excluding tert-OH is 17. The number of rotatable bonds is 17. The number of hydrogen-bond donors (Lipinski definition) is 17. The molecule has 328 valence electrons. The average molecular weight is 829 g/mol. The monoisotopic (exact) mass is 828 g/mol. The number of ether oxygens (including phenoxy) is 9. The molecule has 0 amide bonds. The summed E-state index contributed by atoms with van der Waals surface area (Å²) >= 11 is 0. The van der Waals surface area contributed by atoms with E-state index in [0.717, 1.165) is 0 Å². The van der Waals surface area contributed by atoms with E-state index in [1.165, 1.54) is 0 Å². The summed E-state index contributed by atoms with van der Waals surface area (Å²) in [6.07, 6.45) is -32.5. The summed E-state index contributed by atoms with van der Waals surface area (Å²) in [5, 5.41) is 177. The molecule has 0 aromatic rings. The minimum Gasteiger partial charge on any atom is -0.394 e. The molecule has 21 atom stereocenters. The van der Waals surface area contributed by atoms with Crippen LogP contribution in [0.5, 0.6) is 0 Å². The van der Waals surface area contributed by atoms with Gasteiger partial charge in [-0.2, -0.15) is 0 Å². The zero-order valence-corrected chi connectivity index (χ0v) is 29.5. The SMILES string of the molecule is OC[C@H]1OC(CO)(OC[C@]2(OC[C@]3(OC[C@@]4(O[C@H]5O[C@H](CO)[C@@H](O)[C@H](O)[C@H]5O)O[C@H](CO)[C@@H](O)[C@@H]4O)O[C@H](CO)[C@@H](O)[C@@H]3O)O[C@H](CO)[C@@H](O)[C@@H]2O)[C@@H](O)[C@@H]1O. The van der Waals surface area contributed by atoms with Gasteiger partial charge in [0.25, 0.3) is 0 Å². The summed E-state index contributed by atoms with van der Waals surface area (Å²) in [6, 6.07) is 0. The van der Waals surface area contributed by atoms with E-state index in [1.54, 1.807) is 0 Å². The van der Waals surface area contributed by atoms with Crippen LogP contribution >= 0.6 is 0 Å². The van der Waals surface area contributed by atoms with Crippen LogP contribution in [-0.4, -0.2) is 273 Å². The van der Waals surface area contributed by atoms with Crippen LogP contribution in [0.3, 0.4) is 0 Å². The van der Waals surface area contributed by atoms with Crippen molar-refractivity contribution in [2.45, 2.75) is 127 Å². The lowest BCUT2D eigenvalue weighted by molar-refractivity contribution is -0.406. The fraction of sp³-hybridized carbons (Fsp3) is 1.00. The van der Waals surface area contributed by atoms with Crippen molar-refractivity contribution in [1.29, 1.82) is 0 Å². The van der Waals surface area contributed by atoms with Gasteiger partial charge in [0.1, 0.15) is 124 Å². The van der Waals surface area contributed by atoms with Gasteiger partial charge in [0, 0.05) is 0 Å². The second-order valence-corrected chi connectivity index (χ2v) is 14.2. The Bertz CT molecular complexity index is 1270. The molecule has 17 N–H and O–H groups in total. The summed E-state index contributed by atoms with van der Waals surface area (Å²) in [5.74, 6) is -10.8. The van der Waals surface area contributed by atoms with E-state index in [0.29, 0.717) is 0 Å². The van der Waals surface area contributed by atoms with Crippen LogP contribution in [0.1, 0.15) is 0 Å². The highest BCUT2D eigenvalue weighted by molar-refractivity contribution is 5.04. The maximum atomic E-state index is 11.3. The smallest absolute Gasteiger partial charge is 0.224 e. The molecule has 56 heavy (non-hydrogen) atoms. The summed E-state index contributed by atoms with van der Waals surface area (Å²) in [7, 11) is 0. The van der Waals surface area contributed by atoms with Gasteiger partial charge in [0.15, 0.2) is 6.29 Å². The first-order valence-electron chi connectivity index (χ1n) is 17.5. The molecule has 0 bridgehead atoms. The van der Waals surface area contributed by atoms with Gasteiger partial charge in [-0.05, 0) is 0 Å². The molecule has 0 aromatic carbocycles. The lowest BCUT2D eigenvalue weighted by Crippen LogP contribution is -2.63. The number of aliphatic hydroxyl groups is 17. The van der Waals surface area contributed by atoms with Crippen molar-refractivity contribution < 1.29 is 129 Å². The zero-order chi connectivity index (χ0) is 41.5. The summed E-state index contributed by atoms with van der Waals surface area (Å²) in [4.78, 5) is 0. The molecular formula is C30H52O26. The lowest BCUT2D eigenvalue weighted by atomic mass is 9.99. The molecule has 0 aliphatic carbocycles. The van der Waals surface area contributed by atoms with Crippen LogP contribution in [0.15, 0.2) is 0 Å². The average Bonchev–Trinajstić information content (AvgIpc) is 3.80. The molecule has 0 saturated carbocycles. The van der Waals surface area contributed by atoms with Crippen LogP contribution in [0.4, 0.5) is 0 Å². The van der Waals surface area contributed by atoms with Crippen LogP contribution in [0.2, 0.25) is 0 Å². The molecule has 5 heterocycles. The molecule has 5 aliphatic rings. The first kappa shape index (κ1) is 46.0. The predicted octanol–water partition coefficient (Wildman–Crippen LogP) is -11.9. The van der Waals surface area contributed by atoms with Crippen LogP contribution in [0, 0.1) is 0 Å². The topological polar surface area (TPSA) is 427 Å². The van der Waals surface area contributed by atoms with Crippen molar-refractivity contribution in [2.75, 3.05) is 59.5 Å². The van der Waals surface area contributed by atoms with Crippen molar-refractivity contribution in [3.05, 3.63) is 0 Å². The number of hydrogen-bond acceptors (Lipinski definition) is 26. The highest BCUT2D eigenvalue weighted by Crippen LogP contribution is 2.43. The van der Waals surface area contributed by atoms with Crippen LogP contribution in [0.25, 0.3) is 0 Å². The molecule has 26 heteroatoms. The van der Waals surface area contributed by atoms with E-state index in [1.807, 2.05) is 0 Å². The maximum absolute atomic E-state index is 11.3. The zero-order valence-electron chi connectivity index (χ0n) is 29.5. The van der Waals surface area contributed by atoms with E-state index >= 15 is 0 Å². The van der Waals surface area contributed by atoms with Crippen molar-refractivity contribution in [3.8, 4) is 0 Å².